The lowest BCUT2D eigenvalue weighted by molar-refractivity contribution is 0.200. The molecule has 6 nitrogen and oxygen atoms in total. The minimum Gasteiger partial charge on any atom is -0.508 e. The third kappa shape index (κ3) is 8.02. The van der Waals surface area contributed by atoms with Crippen LogP contribution in [0.4, 0.5) is 0 Å². The van der Waals surface area contributed by atoms with E-state index in [-0.39, 0.29) is 37.9 Å². The summed E-state index contributed by atoms with van der Waals surface area (Å²) in [7, 11) is 0. The van der Waals surface area contributed by atoms with Crippen molar-refractivity contribution >= 4 is 43.1 Å². The Morgan fingerprint density at radius 2 is 0.698 bits per heavy atom. The van der Waals surface area contributed by atoms with Crippen LogP contribution in [-0.4, -0.2) is 46.9 Å². The molecule has 0 atom stereocenters. The average molecular weight is 827 g/mol. The van der Waals surface area contributed by atoms with E-state index < -0.39 is 5.41 Å². The molecule has 0 unspecified atom stereocenters. The molecular weight excluding hydrogens is 781 g/mol. The predicted octanol–water partition coefficient (Wildman–Crippen LogP) is 12.2. The Balaban J connectivity index is 0.000000164. The van der Waals surface area contributed by atoms with E-state index in [1.165, 1.54) is 11.1 Å². The number of phenolic OH excluding ortho intramolecular Hbond substituents is 2. The summed E-state index contributed by atoms with van der Waals surface area (Å²) in [5.41, 5.74) is 5.91. The molecule has 0 saturated heterocycles. The molecule has 6 heteroatoms. The zero-order chi connectivity index (χ0) is 43.2. The molecule has 0 aliphatic heterocycles. The standard InChI is InChI=1S/C33H24O2.C24H22O4/c34-31-17-13-23-19-29(15-11-25(23)21-31)33(27-7-3-1-4-8-27,28-9-5-2-6-10-28)30-16-12-26-22-32(35)18-14-24(26)20-30;25-13-15-27-21-11-9-17-5-1-3-7-19(17)23(21)24-20-8-4-2-6-18(20)10-12-22(24)28-16-14-26/h1-22,34-35H;1-12,25-26H,13-16H2. The topological polar surface area (TPSA) is 99.4 Å². The molecular formula is C57H46O6. The van der Waals surface area contributed by atoms with Gasteiger partial charge in [-0.05, 0) is 114 Å². The van der Waals surface area contributed by atoms with Gasteiger partial charge in [0.05, 0.1) is 18.6 Å². The van der Waals surface area contributed by atoms with Crippen molar-refractivity contribution in [2.75, 3.05) is 26.4 Å². The molecule has 10 aromatic rings. The summed E-state index contributed by atoms with van der Waals surface area (Å²) in [4.78, 5) is 0. The SMILES string of the molecule is OCCOc1ccc2ccccc2c1-c1c(OCCO)ccc2ccccc12.Oc1ccc2cc(C(c3ccccc3)(c3ccccc3)c3ccc4cc(O)ccc4c3)ccc2c1. The summed E-state index contributed by atoms with van der Waals surface area (Å²) in [6.45, 7) is 0.303. The van der Waals surface area contributed by atoms with E-state index >= 15 is 0 Å². The molecule has 0 saturated carbocycles. The van der Waals surface area contributed by atoms with Gasteiger partial charge in [0.25, 0.3) is 0 Å². The normalized spacial score (nSPS) is 11.4. The van der Waals surface area contributed by atoms with E-state index in [1.807, 2.05) is 72.8 Å². The molecule has 0 aliphatic carbocycles. The molecule has 310 valence electrons. The highest BCUT2D eigenvalue weighted by Crippen LogP contribution is 2.48. The molecule has 63 heavy (non-hydrogen) atoms. The van der Waals surface area contributed by atoms with E-state index in [2.05, 4.69) is 109 Å². The van der Waals surface area contributed by atoms with Crippen LogP contribution in [0.15, 0.2) is 206 Å². The number of benzene rings is 10. The van der Waals surface area contributed by atoms with Crippen LogP contribution in [-0.2, 0) is 5.41 Å². The Morgan fingerprint density at radius 3 is 1.13 bits per heavy atom. The van der Waals surface area contributed by atoms with Crippen molar-refractivity contribution in [3.05, 3.63) is 229 Å². The van der Waals surface area contributed by atoms with Crippen LogP contribution >= 0.6 is 0 Å². The van der Waals surface area contributed by atoms with Gasteiger partial charge < -0.3 is 29.9 Å². The van der Waals surface area contributed by atoms with Gasteiger partial charge in [-0.2, -0.15) is 0 Å². The number of hydrogen-bond acceptors (Lipinski definition) is 6. The maximum Gasteiger partial charge on any atom is 0.128 e. The van der Waals surface area contributed by atoms with Crippen LogP contribution in [0.25, 0.3) is 54.2 Å². The predicted molar refractivity (Wildman–Crippen MR) is 255 cm³/mol. The van der Waals surface area contributed by atoms with Crippen LogP contribution in [0.5, 0.6) is 23.0 Å². The minimum absolute atomic E-state index is 0.0598. The van der Waals surface area contributed by atoms with Gasteiger partial charge in [-0.1, -0.05) is 158 Å². The van der Waals surface area contributed by atoms with Crippen LogP contribution in [0.3, 0.4) is 0 Å². The lowest BCUT2D eigenvalue weighted by Crippen LogP contribution is -2.31. The molecule has 0 aliphatic rings. The van der Waals surface area contributed by atoms with Crippen LogP contribution in [0.1, 0.15) is 22.3 Å². The Bertz CT molecular complexity index is 2970. The van der Waals surface area contributed by atoms with E-state index in [4.69, 9.17) is 9.47 Å². The second-order valence-corrected chi connectivity index (χ2v) is 15.4. The quantitative estimate of drug-likeness (QED) is 0.0970. The summed E-state index contributed by atoms with van der Waals surface area (Å²) in [6.07, 6.45) is 0. The molecule has 10 aromatic carbocycles. The van der Waals surface area contributed by atoms with Crippen molar-refractivity contribution in [1.82, 2.24) is 0 Å². The number of phenols is 2. The maximum absolute atomic E-state index is 10.00. The fourth-order valence-corrected chi connectivity index (χ4v) is 8.88. The van der Waals surface area contributed by atoms with E-state index in [9.17, 15) is 20.4 Å². The molecule has 0 radical (unpaired) electrons. The highest BCUT2D eigenvalue weighted by Gasteiger charge is 2.38. The average Bonchev–Trinajstić information content (AvgIpc) is 3.33. The number of aliphatic hydroxyl groups excluding tert-OH is 2. The summed E-state index contributed by atoms with van der Waals surface area (Å²) in [5.74, 6) is 1.91. The van der Waals surface area contributed by atoms with Crippen molar-refractivity contribution in [2.45, 2.75) is 5.41 Å². The van der Waals surface area contributed by atoms with Crippen molar-refractivity contribution in [3.63, 3.8) is 0 Å². The van der Waals surface area contributed by atoms with E-state index in [1.54, 1.807) is 24.3 Å². The molecule has 0 spiro atoms. The van der Waals surface area contributed by atoms with Gasteiger partial charge in [0.15, 0.2) is 0 Å². The zero-order valence-corrected chi connectivity index (χ0v) is 34.6. The highest BCUT2D eigenvalue weighted by atomic mass is 16.5. The number of hydrogen-bond donors (Lipinski definition) is 4. The third-order valence-electron chi connectivity index (χ3n) is 11.7. The smallest absolute Gasteiger partial charge is 0.128 e. The molecule has 0 aromatic heterocycles. The lowest BCUT2D eigenvalue weighted by atomic mass is 9.64. The summed E-state index contributed by atoms with van der Waals surface area (Å²) in [5, 5.41) is 46.9. The monoisotopic (exact) mass is 826 g/mol. The Hall–Kier alpha value is -7.64. The van der Waals surface area contributed by atoms with Crippen LogP contribution in [0.2, 0.25) is 0 Å². The van der Waals surface area contributed by atoms with Gasteiger partial charge in [-0.25, -0.2) is 0 Å². The number of aromatic hydroxyl groups is 2. The second-order valence-electron chi connectivity index (χ2n) is 15.4. The first-order valence-corrected chi connectivity index (χ1v) is 21.1. The summed E-state index contributed by atoms with van der Waals surface area (Å²) < 4.78 is 11.8. The molecule has 10 rings (SSSR count). The Labute approximate surface area is 366 Å². The Morgan fingerprint density at radius 1 is 0.333 bits per heavy atom. The largest absolute Gasteiger partial charge is 0.508 e. The molecule has 0 amide bonds. The number of aliphatic hydroxyl groups is 2. The van der Waals surface area contributed by atoms with Crippen molar-refractivity contribution in [1.29, 1.82) is 0 Å². The van der Waals surface area contributed by atoms with Gasteiger partial charge in [-0.15, -0.1) is 0 Å². The molecule has 0 fully saturated rings. The first kappa shape index (κ1) is 40.7. The third-order valence-corrected chi connectivity index (χ3v) is 11.7. The highest BCUT2D eigenvalue weighted by molar-refractivity contribution is 6.09. The van der Waals surface area contributed by atoms with Gasteiger partial charge in [0.1, 0.15) is 36.2 Å². The first-order valence-electron chi connectivity index (χ1n) is 21.1. The van der Waals surface area contributed by atoms with Gasteiger partial charge in [0.2, 0.25) is 0 Å². The van der Waals surface area contributed by atoms with Crippen molar-refractivity contribution < 1.29 is 29.9 Å². The Kier molecular flexibility index (Phi) is 11.7. The van der Waals surface area contributed by atoms with Crippen molar-refractivity contribution in [3.8, 4) is 34.1 Å². The fourth-order valence-electron chi connectivity index (χ4n) is 8.88. The molecule has 4 N–H and O–H groups in total. The molecule has 0 bridgehead atoms. The number of rotatable bonds is 11. The molecule has 0 heterocycles. The van der Waals surface area contributed by atoms with E-state index in [0.29, 0.717) is 11.5 Å². The van der Waals surface area contributed by atoms with E-state index in [0.717, 1.165) is 65.3 Å². The maximum atomic E-state index is 10.00. The van der Waals surface area contributed by atoms with Crippen molar-refractivity contribution in [2.24, 2.45) is 0 Å². The van der Waals surface area contributed by atoms with Crippen LogP contribution in [0, 0.1) is 0 Å². The van der Waals surface area contributed by atoms with Gasteiger partial charge in [0, 0.05) is 11.1 Å². The minimum atomic E-state index is -0.569. The lowest BCUT2D eigenvalue weighted by Gasteiger charge is -2.37. The van der Waals surface area contributed by atoms with Gasteiger partial charge >= 0.3 is 0 Å². The second kappa shape index (κ2) is 18.1. The number of ether oxygens (including phenoxy) is 2. The zero-order valence-electron chi connectivity index (χ0n) is 34.6. The summed E-state index contributed by atoms with van der Waals surface area (Å²) in [6, 6.07) is 69.4. The first-order chi connectivity index (χ1) is 31.0. The number of fused-ring (bicyclic) bond motifs is 4. The summed E-state index contributed by atoms with van der Waals surface area (Å²) >= 11 is 0. The fraction of sp³-hybridized carbons (Fsp3) is 0.0877. The van der Waals surface area contributed by atoms with Crippen LogP contribution < -0.4 is 9.47 Å². The van der Waals surface area contributed by atoms with Gasteiger partial charge in [-0.3, -0.25) is 0 Å².